The molecule has 2 unspecified atom stereocenters. The van der Waals surface area contributed by atoms with Crippen LogP contribution in [0.4, 0.5) is 0 Å². The fourth-order valence-corrected chi connectivity index (χ4v) is 5.70. The summed E-state index contributed by atoms with van der Waals surface area (Å²) in [5.74, 6) is 0.661. The Hall–Kier alpha value is -0.0900. The highest BCUT2D eigenvalue weighted by Gasteiger charge is 2.41. The van der Waals surface area contributed by atoms with E-state index >= 15 is 0 Å². The summed E-state index contributed by atoms with van der Waals surface area (Å²) in [6, 6.07) is 4.38. The number of ether oxygens (including phenoxy) is 1. The number of carbonyl (C=O) groups excluding carboxylic acids is 1. The van der Waals surface area contributed by atoms with Gasteiger partial charge in [-0.1, -0.05) is 64.4 Å². The molecule has 1 N–H and O–H groups in total. The van der Waals surface area contributed by atoms with Gasteiger partial charge in [-0.05, 0) is 48.1 Å². The van der Waals surface area contributed by atoms with Crippen molar-refractivity contribution in [2.45, 2.75) is 59.5 Å². The van der Waals surface area contributed by atoms with Crippen molar-refractivity contribution >= 4 is 51.1 Å². The summed E-state index contributed by atoms with van der Waals surface area (Å²) in [6.07, 6.45) is 6.00. The van der Waals surface area contributed by atoms with Crippen LogP contribution >= 0.6 is 45.2 Å². The van der Waals surface area contributed by atoms with Gasteiger partial charge in [0.2, 0.25) is 5.91 Å². The quantitative estimate of drug-likeness (QED) is 0.388. The Morgan fingerprint density at radius 2 is 1.77 bits per heavy atom. The lowest BCUT2D eigenvalue weighted by atomic mass is 9.88. The van der Waals surface area contributed by atoms with Crippen LogP contribution in [0.15, 0.2) is 12.1 Å². The molecule has 3 rings (SSSR count). The lowest BCUT2D eigenvalue weighted by molar-refractivity contribution is -0.136. The molecule has 2 aliphatic rings. The molecular formula is C20H27I2NO3. The van der Waals surface area contributed by atoms with Gasteiger partial charge in [0.25, 0.3) is 0 Å². The first kappa shape index (κ1) is 20.6. The van der Waals surface area contributed by atoms with Gasteiger partial charge in [0.15, 0.2) is 0 Å². The summed E-state index contributed by atoms with van der Waals surface area (Å²) in [6.45, 7) is 0.792. The van der Waals surface area contributed by atoms with E-state index in [1.165, 1.54) is 19.3 Å². The van der Waals surface area contributed by atoms with Crippen molar-refractivity contribution in [2.75, 3.05) is 13.7 Å². The average molecular weight is 583 g/mol. The standard InChI is InChI=1S/C20H27I2NO3/c1-26-16-9-13(11-21)18(14(10-16)12-22)19(24)17-7-8-23(20(17)25)15-5-3-2-4-6-15/h9-10,15,17,19,24H,2-8,11-12H2,1H3. The van der Waals surface area contributed by atoms with E-state index in [2.05, 4.69) is 50.1 Å². The second-order valence-electron chi connectivity index (χ2n) is 7.29. The van der Waals surface area contributed by atoms with E-state index in [1.54, 1.807) is 7.11 Å². The number of rotatable bonds is 6. The van der Waals surface area contributed by atoms with Gasteiger partial charge >= 0.3 is 0 Å². The lowest BCUT2D eigenvalue weighted by Gasteiger charge is -2.32. The molecular weight excluding hydrogens is 556 g/mol. The number of alkyl halides is 2. The van der Waals surface area contributed by atoms with Gasteiger partial charge < -0.3 is 14.7 Å². The largest absolute Gasteiger partial charge is 0.497 e. The van der Waals surface area contributed by atoms with E-state index in [-0.39, 0.29) is 11.8 Å². The molecule has 1 aliphatic heterocycles. The first-order valence-corrected chi connectivity index (χ1v) is 12.5. The van der Waals surface area contributed by atoms with Gasteiger partial charge in [0.05, 0.1) is 19.1 Å². The molecule has 1 aliphatic carbocycles. The molecule has 0 radical (unpaired) electrons. The predicted octanol–water partition coefficient (Wildman–Crippen LogP) is 4.78. The fourth-order valence-electron chi connectivity index (χ4n) is 4.44. The third-order valence-electron chi connectivity index (χ3n) is 5.82. The van der Waals surface area contributed by atoms with Crippen molar-refractivity contribution in [3.63, 3.8) is 0 Å². The second-order valence-corrected chi connectivity index (χ2v) is 8.82. The summed E-state index contributed by atoms with van der Waals surface area (Å²) in [5, 5.41) is 11.2. The number of hydrogen-bond donors (Lipinski definition) is 1. The van der Waals surface area contributed by atoms with Crippen molar-refractivity contribution in [1.82, 2.24) is 4.90 Å². The second kappa shape index (κ2) is 9.41. The molecule has 2 atom stereocenters. The van der Waals surface area contributed by atoms with Crippen LogP contribution in [0.1, 0.15) is 61.3 Å². The summed E-state index contributed by atoms with van der Waals surface area (Å²) >= 11 is 4.64. The van der Waals surface area contributed by atoms with E-state index < -0.39 is 6.10 Å². The zero-order valence-corrected chi connectivity index (χ0v) is 19.5. The molecule has 144 valence electrons. The molecule has 1 saturated heterocycles. The monoisotopic (exact) mass is 583 g/mol. The maximum Gasteiger partial charge on any atom is 0.228 e. The molecule has 1 saturated carbocycles. The van der Waals surface area contributed by atoms with E-state index in [9.17, 15) is 9.90 Å². The maximum absolute atomic E-state index is 13.1. The number of benzene rings is 1. The molecule has 1 aromatic rings. The highest BCUT2D eigenvalue weighted by molar-refractivity contribution is 14.1. The van der Waals surface area contributed by atoms with E-state index in [0.717, 1.165) is 57.1 Å². The number of aliphatic hydroxyl groups is 1. The number of likely N-dealkylation sites (tertiary alicyclic amines) is 1. The number of hydrogen-bond acceptors (Lipinski definition) is 3. The zero-order chi connectivity index (χ0) is 18.7. The van der Waals surface area contributed by atoms with Crippen molar-refractivity contribution in [3.8, 4) is 5.75 Å². The average Bonchev–Trinajstić information content (AvgIpc) is 3.08. The Labute approximate surface area is 183 Å². The Kier molecular flexibility index (Phi) is 7.47. The third kappa shape index (κ3) is 4.16. The van der Waals surface area contributed by atoms with Crippen LogP contribution < -0.4 is 4.74 Å². The number of amides is 1. The Balaban J connectivity index is 1.85. The summed E-state index contributed by atoms with van der Waals surface area (Å²) in [5.41, 5.74) is 3.10. The van der Waals surface area contributed by atoms with E-state index in [0.29, 0.717) is 6.04 Å². The van der Waals surface area contributed by atoms with Gasteiger partial charge in [-0.2, -0.15) is 0 Å². The first-order chi connectivity index (χ1) is 12.6. The van der Waals surface area contributed by atoms with Crippen molar-refractivity contribution in [1.29, 1.82) is 0 Å². The predicted molar refractivity (Wildman–Crippen MR) is 120 cm³/mol. The maximum atomic E-state index is 13.1. The van der Waals surface area contributed by atoms with Crippen LogP contribution in [0.5, 0.6) is 5.75 Å². The molecule has 1 heterocycles. The normalized spacial score (nSPS) is 22.7. The minimum Gasteiger partial charge on any atom is -0.497 e. The first-order valence-electron chi connectivity index (χ1n) is 9.40. The SMILES string of the molecule is COc1cc(CI)c(C(O)C2CCN(C3CCCCC3)C2=O)c(CI)c1. The molecule has 0 bridgehead atoms. The molecule has 4 nitrogen and oxygen atoms in total. The Bertz CT molecular complexity index is 621. The van der Waals surface area contributed by atoms with Gasteiger partial charge in [-0.15, -0.1) is 0 Å². The van der Waals surface area contributed by atoms with Gasteiger partial charge in [0, 0.05) is 21.4 Å². The molecule has 0 spiro atoms. The van der Waals surface area contributed by atoms with Crippen LogP contribution in [0.25, 0.3) is 0 Å². The minimum atomic E-state index is -0.725. The van der Waals surface area contributed by atoms with Crippen molar-refractivity contribution < 1.29 is 14.6 Å². The molecule has 2 fully saturated rings. The van der Waals surface area contributed by atoms with Crippen LogP contribution in [-0.2, 0) is 13.6 Å². The number of methoxy groups -OCH3 is 1. The molecule has 0 aromatic heterocycles. The molecule has 1 aromatic carbocycles. The van der Waals surface area contributed by atoms with E-state index in [1.807, 2.05) is 12.1 Å². The fraction of sp³-hybridized carbons (Fsp3) is 0.650. The smallest absolute Gasteiger partial charge is 0.228 e. The number of halogens is 2. The number of nitrogens with zero attached hydrogens (tertiary/aromatic N) is 1. The Morgan fingerprint density at radius 1 is 1.15 bits per heavy atom. The van der Waals surface area contributed by atoms with Crippen molar-refractivity contribution in [3.05, 3.63) is 28.8 Å². The highest BCUT2D eigenvalue weighted by atomic mass is 127. The van der Waals surface area contributed by atoms with Crippen LogP contribution in [0.2, 0.25) is 0 Å². The molecule has 1 amide bonds. The lowest BCUT2D eigenvalue weighted by Crippen LogP contribution is -2.39. The molecule has 26 heavy (non-hydrogen) atoms. The summed E-state index contributed by atoms with van der Waals surface area (Å²) in [7, 11) is 1.67. The van der Waals surface area contributed by atoms with Crippen LogP contribution in [0.3, 0.4) is 0 Å². The summed E-state index contributed by atoms with van der Waals surface area (Å²) < 4.78 is 6.99. The minimum absolute atomic E-state index is 0.152. The van der Waals surface area contributed by atoms with Crippen LogP contribution in [-0.4, -0.2) is 35.6 Å². The summed E-state index contributed by atoms with van der Waals surface area (Å²) in [4.78, 5) is 15.1. The van der Waals surface area contributed by atoms with Gasteiger partial charge in [0.1, 0.15) is 5.75 Å². The van der Waals surface area contributed by atoms with Gasteiger partial charge in [-0.25, -0.2) is 0 Å². The van der Waals surface area contributed by atoms with E-state index in [4.69, 9.17) is 4.74 Å². The number of aliphatic hydroxyl groups excluding tert-OH is 1. The Morgan fingerprint density at radius 3 is 2.31 bits per heavy atom. The zero-order valence-electron chi connectivity index (χ0n) is 15.2. The van der Waals surface area contributed by atoms with Gasteiger partial charge in [-0.3, -0.25) is 4.79 Å². The topological polar surface area (TPSA) is 49.8 Å². The highest BCUT2D eigenvalue weighted by Crippen LogP contribution is 2.39. The molecule has 6 heteroatoms. The third-order valence-corrected chi connectivity index (χ3v) is 7.47. The van der Waals surface area contributed by atoms with Crippen molar-refractivity contribution in [2.24, 2.45) is 5.92 Å². The van der Waals surface area contributed by atoms with Crippen LogP contribution in [0, 0.1) is 5.92 Å². The number of carbonyl (C=O) groups is 1.